The Labute approximate surface area is 132 Å². The largest absolute Gasteiger partial charge is 0.497 e. The molecule has 112 valence electrons. The number of nitrogens with one attached hydrogen (secondary N) is 1. The molecule has 22 heavy (non-hydrogen) atoms. The number of aromatic amines is 1. The predicted octanol–water partition coefficient (Wildman–Crippen LogP) is 3.29. The summed E-state index contributed by atoms with van der Waals surface area (Å²) in [7, 11) is 1.61. The third kappa shape index (κ3) is 2.81. The number of aromatic nitrogens is 3. The molecule has 0 aliphatic carbocycles. The molecule has 0 saturated heterocycles. The third-order valence-corrected chi connectivity index (χ3v) is 3.54. The number of aliphatic hydroxyl groups excluding tert-OH is 1. The second-order valence-electron chi connectivity index (χ2n) is 4.70. The number of hydrogen-bond donors (Lipinski definition) is 2. The van der Waals surface area contributed by atoms with Crippen LogP contribution in [-0.4, -0.2) is 27.4 Å². The lowest BCUT2D eigenvalue weighted by Gasteiger charge is -2.04. The minimum atomic E-state index is -0.120. The van der Waals surface area contributed by atoms with Gasteiger partial charge in [0.1, 0.15) is 5.75 Å². The second-order valence-corrected chi connectivity index (χ2v) is 5.14. The van der Waals surface area contributed by atoms with E-state index in [-0.39, 0.29) is 6.61 Å². The fourth-order valence-electron chi connectivity index (χ4n) is 2.20. The van der Waals surface area contributed by atoms with Gasteiger partial charge in [-0.25, -0.2) is 4.98 Å². The van der Waals surface area contributed by atoms with Gasteiger partial charge in [0.15, 0.2) is 11.6 Å². The number of rotatable bonds is 4. The summed E-state index contributed by atoms with van der Waals surface area (Å²) in [6.45, 7) is -0.120. The molecule has 5 nitrogen and oxygen atoms in total. The minimum Gasteiger partial charge on any atom is -0.497 e. The standard InChI is InChI=1S/C16H14ClN3O2/c1-22-13-4-2-3-10(8-13)15-18-16(20-19-15)14-6-5-12(17)7-11(14)9-21/h2-8,21H,9H2,1H3,(H,18,19,20). The minimum absolute atomic E-state index is 0.120. The van der Waals surface area contributed by atoms with Crippen molar-refractivity contribution in [1.29, 1.82) is 0 Å². The molecule has 0 amide bonds. The molecule has 0 aliphatic rings. The lowest BCUT2D eigenvalue weighted by molar-refractivity contribution is 0.282. The molecule has 2 N–H and O–H groups in total. The van der Waals surface area contributed by atoms with Gasteiger partial charge in [-0.05, 0) is 35.9 Å². The highest BCUT2D eigenvalue weighted by molar-refractivity contribution is 6.30. The maximum atomic E-state index is 9.46. The molecular formula is C16H14ClN3O2. The summed E-state index contributed by atoms with van der Waals surface area (Å²) in [5, 5.41) is 17.2. The number of H-pyrrole nitrogens is 1. The van der Waals surface area contributed by atoms with Gasteiger partial charge in [0.2, 0.25) is 0 Å². The zero-order valence-corrected chi connectivity index (χ0v) is 12.6. The van der Waals surface area contributed by atoms with Crippen LogP contribution in [0.2, 0.25) is 5.02 Å². The summed E-state index contributed by atoms with van der Waals surface area (Å²) in [5.41, 5.74) is 2.32. The van der Waals surface area contributed by atoms with Gasteiger partial charge in [-0.15, -0.1) is 0 Å². The number of halogens is 1. The topological polar surface area (TPSA) is 71.0 Å². The Morgan fingerprint density at radius 3 is 2.86 bits per heavy atom. The molecule has 2 aromatic carbocycles. The van der Waals surface area contributed by atoms with Crippen LogP contribution < -0.4 is 4.74 Å². The molecule has 0 spiro atoms. The van der Waals surface area contributed by atoms with Crippen molar-refractivity contribution in [2.75, 3.05) is 7.11 Å². The van der Waals surface area contributed by atoms with Crippen molar-refractivity contribution in [3.8, 4) is 28.5 Å². The molecule has 1 heterocycles. The normalized spacial score (nSPS) is 10.7. The van der Waals surface area contributed by atoms with Gasteiger partial charge in [-0.3, -0.25) is 5.10 Å². The molecule has 3 rings (SSSR count). The third-order valence-electron chi connectivity index (χ3n) is 3.31. The summed E-state index contributed by atoms with van der Waals surface area (Å²) >= 11 is 5.95. The Kier molecular flexibility index (Phi) is 4.09. The fourth-order valence-corrected chi connectivity index (χ4v) is 2.39. The average molecular weight is 316 g/mol. The SMILES string of the molecule is COc1cccc(-c2n[nH]c(-c3ccc(Cl)cc3CO)n2)c1. The van der Waals surface area contributed by atoms with Gasteiger partial charge in [0.25, 0.3) is 0 Å². The van der Waals surface area contributed by atoms with E-state index in [4.69, 9.17) is 16.3 Å². The van der Waals surface area contributed by atoms with E-state index in [1.165, 1.54) is 0 Å². The first-order chi connectivity index (χ1) is 10.7. The zero-order valence-electron chi connectivity index (χ0n) is 11.9. The summed E-state index contributed by atoms with van der Waals surface area (Å²) in [6, 6.07) is 12.8. The highest BCUT2D eigenvalue weighted by atomic mass is 35.5. The Morgan fingerprint density at radius 2 is 2.09 bits per heavy atom. The van der Waals surface area contributed by atoms with E-state index in [0.717, 1.165) is 16.9 Å². The summed E-state index contributed by atoms with van der Waals surface area (Å²) in [6.07, 6.45) is 0. The summed E-state index contributed by atoms with van der Waals surface area (Å²) in [4.78, 5) is 4.49. The van der Waals surface area contributed by atoms with Crippen LogP contribution in [0.4, 0.5) is 0 Å². The molecule has 6 heteroatoms. The molecule has 0 aliphatic heterocycles. The van der Waals surface area contributed by atoms with Crippen LogP contribution in [0, 0.1) is 0 Å². The number of benzene rings is 2. The van der Waals surface area contributed by atoms with Gasteiger partial charge in [-0.1, -0.05) is 23.7 Å². The smallest absolute Gasteiger partial charge is 0.181 e. The molecule has 3 aromatic rings. The van der Waals surface area contributed by atoms with Crippen LogP contribution in [0.5, 0.6) is 5.75 Å². The first kappa shape index (κ1) is 14.6. The quantitative estimate of drug-likeness (QED) is 0.775. The van der Waals surface area contributed by atoms with Crippen molar-refractivity contribution in [3.63, 3.8) is 0 Å². The van der Waals surface area contributed by atoms with Crippen molar-refractivity contribution < 1.29 is 9.84 Å². The van der Waals surface area contributed by atoms with Crippen LogP contribution in [0.1, 0.15) is 5.56 Å². The first-order valence-electron chi connectivity index (χ1n) is 6.67. The van der Waals surface area contributed by atoms with Crippen LogP contribution in [-0.2, 0) is 6.61 Å². The van der Waals surface area contributed by atoms with E-state index in [2.05, 4.69) is 15.2 Å². The van der Waals surface area contributed by atoms with Crippen LogP contribution >= 0.6 is 11.6 Å². The molecule has 0 saturated carbocycles. The van der Waals surface area contributed by atoms with Crippen molar-refractivity contribution in [2.24, 2.45) is 0 Å². The van der Waals surface area contributed by atoms with E-state index in [1.54, 1.807) is 19.2 Å². The van der Waals surface area contributed by atoms with Gasteiger partial charge in [-0.2, -0.15) is 5.10 Å². The highest BCUT2D eigenvalue weighted by Crippen LogP contribution is 2.27. The Morgan fingerprint density at radius 1 is 1.23 bits per heavy atom. The lowest BCUT2D eigenvalue weighted by atomic mass is 10.1. The zero-order chi connectivity index (χ0) is 15.5. The van der Waals surface area contributed by atoms with Crippen molar-refractivity contribution in [1.82, 2.24) is 15.2 Å². The molecule has 0 atom stereocenters. The highest BCUT2D eigenvalue weighted by Gasteiger charge is 2.12. The number of hydrogen-bond acceptors (Lipinski definition) is 4. The molecule has 0 fully saturated rings. The fraction of sp³-hybridized carbons (Fsp3) is 0.125. The maximum absolute atomic E-state index is 9.46. The van der Waals surface area contributed by atoms with Gasteiger partial charge >= 0.3 is 0 Å². The van der Waals surface area contributed by atoms with Gasteiger partial charge in [0.05, 0.1) is 13.7 Å². The Balaban J connectivity index is 2.00. The van der Waals surface area contributed by atoms with Crippen LogP contribution in [0.25, 0.3) is 22.8 Å². The average Bonchev–Trinajstić information content (AvgIpc) is 3.04. The summed E-state index contributed by atoms with van der Waals surface area (Å²) < 4.78 is 5.20. The monoisotopic (exact) mass is 315 g/mol. The number of methoxy groups -OCH3 is 1. The number of aliphatic hydroxyl groups is 1. The van der Waals surface area contributed by atoms with Gasteiger partial charge in [0, 0.05) is 16.1 Å². The second kappa shape index (κ2) is 6.17. The molecule has 0 bridgehead atoms. The molecule has 1 aromatic heterocycles. The Bertz CT molecular complexity index is 802. The van der Waals surface area contributed by atoms with E-state index in [0.29, 0.717) is 22.2 Å². The predicted molar refractivity (Wildman–Crippen MR) is 84.7 cm³/mol. The lowest BCUT2D eigenvalue weighted by Crippen LogP contribution is -1.91. The van der Waals surface area contributed by atoms with Crippen LogP contribution in [0.15, 0.2) is 42.5 Å². The van der Waals surface area contributed by atoms with E-state index in [1.807, 2.05) is 30.3 Å². The van der Waals surface area contributed by atoms with E-state index < -0.39 is 0 Å². The number of ether oxygens (including phenoxy) is 1. The molecule has 0 radical (unpaired) electrons. The molecular weight excluding hydrogens is 302 g/mol. The maximum Gasteiger partial charge on any atom is 0.181 e. The number of nitrogens with zero attached hydrogens (tertiary/aromatic N) is 2. The van der Waals surface area contributed by atoms with Gasteiger partial charge < -0.3 is 9.84 Å². The van der Waals surface area contributed by atoms with E-state index >= 15 is 0 Å². The first-order valence-corrected chi connectivity index (χ1v) is 7.05. The van der Waals surface area contributed by atoms with E-state index in [9.17, 15) is 5.11 Å². The van der Waals surface area contributed by atoms with Crippen molar-refractivity contribution in [3.05, 3.63) is 53.1 Å². The van der Waals surface area contributed by atoms with Crippen molar-refractivity contribution in [2.45, 2.75) is 6.61 Å². The Hall–Kier alpha value is -2.37. The molecule has 0 unspecified atom stereocenters. The van der Waals surface area contributed by atoms with Crippen LogP contribution in [0.3, 0.4) is 0 Å². The summed E-state index contributed by atoms with van der Waals surface area (Å²) in [5.74, 6) is 1.89. The van der Waals surface area contributed by atoms with Crippen molar-refractivity contribution >= 4 is 11.6 Å².